The van der Waals surface area contributed by atoms with Gasteiger partial charge in [-0.3, -0.25) is 4.68 Å². The zero-order valence-corrected chi connectivity index (χ0v) is 9.08. The Hall–Kier alpha value is -0.410. The van der Waals surface area contributed by atoms with Crippen molar-refractivity contribution in [2.75, 3.05) is 5.73 Å². The van der Waals surface area contributed by atoms with Crippen LogP contribution in [-0.4, -0.2) is 9.78 Å². The van der Waals surface area contributed by atoms with Gasteiger partial charge in [0.15, 0.2) is 0 Å². The minimum Gasteiger partial charge on any atom is -0.396 e. The van der Waals surface area contributed by atoms with E-state index in [0.29, 0.717) is 6.04 Å². The summed E-state index contributed by atoms with van der Waals surface area (Å²) in [5, 5.41) is 4.20. The Morgan fingerprint density at radius 2 is 1.92 bits per heavy atom. The van der Waals surface area contributed by atoms with Gasteiger partial charge < -0.3 is 5.73 Å². The fourth-order valence-corrected chi connectivity index (χ4v) is 0.760. The third-order valence-electron chi connectivity index (χ3n) is 1.48. The van der Waals surface area contributed by atoms with Crippen molar-refractivity contribution in [3.63, 3.8) is 0 Å². The zero-order valence-electron chi connectivity index (χ0n) is 7.44. The Bertz CT molecular complexity index is 213. The van der Waals surface area contributed by atoms with Gasteiger partial charge in [0.1, 0.15) is 0 Å². The van der Waals surface area contributed by atoms with Crippen LogP contribution >= 0.6 is 24.8 Å². The maximum Gasteiger partial charge on any atom is 0.0823 e. The first-order valence-corrected chi connectivity index (χ1v) is 3.42. The fourth-order valence-electron chi connectivity index (χ4n) is 0.760. The molecule has 1 aromatic heterocycles. The summed E-state index contributed by atoms with van der Waals surface area (Å²) in [7, 11) is 0. The number of nitrogens with zero attached hydrogens (tertiary/aromatic N) is 2. The molecule has 2 N–H and O–H groups in total. The second kappa shape index (κ2) is 5.27. The lowest BCUT2D eigenvalue weighted by atomic mass is 10.4. The van der Waals surface area contributed by atoms with E-state index >= 15 is 0 Å². The summed E-state index contributed by atoms with van der Waals surface area (Å²) >= 11 is 0. The van der Waals surface area contributed by atoms with Crippen molar-refractivity contribution in [1.82, 2.24) is 9.78 Å². The van der Waals surface area contributed by atoms with E-state index in [1.807, 2.05) is 17.8 Å². The van der Waals surface area contributed by atoms with E-state index in [1.54, 1.807) is 0 Å². The van der Waals surface area contributed by atoms with Crippen LogP contribution in [-0.2, 0) is 0 Å². The average molecular weight is 212 g/mol. The molecule has 0 saturated heterocycles. The standard InChI is InChI=1S/C7H13N3.2ClH/c1-5(2)10-4-7(8)6(3)9-10;;/h4-5H,8H2,1-3H3;2*1H. The molecule has 5 heteroatoms. The summed E-state index contributed by atoms with van der Waals surface area (Å²) in [6.07, 6.45) is 1.86. The van der Waals surface area contributed by atoms with Crippen LogP contribution in [0.15, 0.2) is 6.20 Å². The van der Waals surface area contributed by atoms with Gasteiger partial charge in [0.25, 0.3) is 0 Å². The van der Waals surface area contributed by atoms with E-state index in [4.69, 9.17) is 5.73 Å². The van der Waals surface area contributed by atoms with E-state index in [2.05, 4.69) is 18.9 Å². The molecule has 1 aromatic rings. The van der Waals surface area contributed by atoms with Gasteiger partial charge in [0.2, 0.25) is 0 Å². The highest BCUT2D eigenvalue weighted by atomic mass is 35.5. The highest BCUT2D eigenvalue weighted by molar-refractivity contribution is 5.85. The molecule has 1 rings (SSSR count). The third-order valence-corrected chi connectivity index (χ3v) is 1.48. The number of nitrogen functional groups attached to an aromatic ring is 1. The molecule has 0 unspecified atom stereocenters. The van der Waals surface area contributed by atoms with Crippen LogP contribution in [0.4, 0.5) is 5.69 Å². The number of anilines is 1. The number of halogens is 2. The van der Waals surface area contributed by atoms with Crippen LogP contribution in [0.3, 0.4) is 0 Å². The molecular weight excluding hydrogens is 197 g/mol. The van der Waals surface area contributed by atoms with E-state index in [-0.39, 0.29) is 24.8 Å². The van der Waals surface area contributed by atoms with Gasteiger partial charge in [-0.2, -0.15) is 5.10 Å². The minimum atomic E-state index is 0. The van der Waals surface area contributed by atoms with Crippen LogP contribution in [0, 0.1) is 6.92 Å². The molecule has 0 aliphatic heterocycles. The number of aromatic nitrogens is 2. The Labute approximate surface area is 85.1 Å². The van der Waals surface area contributed by atoms with Crippen LogP contribution in [0.5, 0.6) is 0 Å². The fraction of sp³-hybridized carbons (Fsp3) is 0.571. The van der Waals surface area contributed by atoms with E-state index in [1.165, 1.54) is 0 Å². The quantitative estimate of drug-likeness (QED) is 0.775. The zero-order chi connectivity index (χ0) is 7.72. The van der Waals surface area contributed by atoms with Crippen LogP contribution in [0.1, 0.15) is 25.6 Å². The summed E-state index contributed by atoms with van der Waals surface area (Å²) in [5.41, 5.74) is 7.28. The van der Waals surface area contributed by atoms with Gasteiger partial charge >= 0.3 is 0 Å². The molecule has 0 spiro atoms. The molecule has 0 fully saturated rings. The van der Waals surface area contributed by atoms with Crippen LogP contribution in [0.2, 0.25) is 0 Å². The molecule has 0 atom stereocenters. The molecule has 12 heavy (non-hydrogen) atoms. The molecule has 0 aliphatic rings. The lowest BCUT2D eigenvalue weighted by Gasteiger charge is -2.02. The maximum atomic E-state index is 5.60. The first-order valence-electron chi connectivity index (χ1n) is 3.42. The largest absolute Gasteiger partial charge is 0.396 e. The van der Waals surface area contributed by atoms with Crippen molar-refractivity contribution in [2.45, 2.75) is 26.8 Å². The lowest BCUT2D eigenvalue weighted by Crippen LogP contribution is -2.00. The molecule has 3 nitrogen and oxygen atoms in total. The smallest absolute Gasteiger partial charge is 0.0823 e. The monoisotopic (exact) mass is 211 g/mol. The molecule has 0 aromatic carbocycles. The third kappa shape index (κ3) is 2.91. The second-order valence-electron chi connectivity index (χ2n) is 2.74. The lowest BCUT2D eigenvalue weighted by molar-refractivity contribution is 0.529. The number of rotatable bonds is 1. The van der Waals surface area contributed by atoms with Crippen molar-refractivity contribution < 1.29 is 0 Å². The molecular formula is C7H15Cl2N3. The molecule has 0 saturated carbocycles. The van der Waals surface area contributed by atoms with Crippen LogP contribution < -0.4 is 5.73 Å². The number of hydrogen-bond donors (Lipinski definition) is 1. The van der Waals surface area contributed by atoms with Gasteiger partial charge in [-0.25, -0.2) is 0 Å². The molecule has 0 aliphatic carbocycles. The summed E-state index contributed by atoms with van der Waals surface area (Å²) in [6.45, 7) is 6.06. The Balaban J connectivity index is 0. The highest BCUT2D eigenvalue weighted by Crippen LogP contribution is 2.10. The number of aryl methyl sites for hydroxylation is 1. The molecule has 0 radical (unpaired) electrons. The van der Waals surface area contributed by atoms with Crippen LogP contribution in [0.25, 0.3) is 0 Å². The maximum absolute atomic E-state index is 5.60. The van der Waals surface area contributed by atoms with Gasteiger partial charge in [0.05, 0.1) is 11.4 Å². The summed E-state index contributed by atoms with van der Waals surface area (Å²) in [5.74, 6) is 0. The predicted octanol–water partition coefficient (Wildman–Crippen LogP) is 2.20. The molecule has 72 valence electrons. The topological polar surface area (TPSA) is 43.8 Å². The van der Waals surface area contributed by atoms with E-state index in [9.17, 15) is 0 Å². The predicted molar refractivity (Wildman–Crippen MR) is 56.3 cm³/mol. The molecule has 1 heterocycles. The Kier molecular flexibility index (Phi) is 6.21. The van der Waals surface area contributed by atoms with Crippen molar-refractivity contribution in [3.8, 4) is 0 Å². The van der Waals surface area contributed by atoms with Crippen molar-refractivity contribution >= 4 is 30.5 Å². The average Bonchev–Trinajstić information content (AvgIpc) is 2.13. The molecule has 0 amide bonds. The van der Waals surface area contributed by atoms with Crippen molar-refractivity contribution in [1.29, 1.82) is 0 Å². The SMILES string of the molecule is Cc1nn(C(C)C)cc1N.Cl.Cl. The first-order chi connectivity index (χ1) is 4.61. The summed E-state index contributed by atoms with van der Waals surface area (Å²) < 4.78 is 1.87. The minimum absolute atomic E-state index is 0. The van der Waals surface area contributed by atoms with Crippen molar-refractivity contribution in [2.24, 2.45) is 0 Å². The number of nitrogens with two attached hydrogens (primary N) is 1. The van der Waals surface area contributed by atoms with Crippen molar-refractivity contribution in [3.05, 3.63) is 11.9 Å². The molecule has 0 bridgehead atoms. The van der Waals surface area contributed by atoms with Gasteiger partial charge in [-0.05, 0) is 20.8 Å². The van der Waals surface area contributed by atoms with E-state index in [0.717, 1.165) is 11.4 Å². The van der Waals surface area contributed by atoms with Gasteiger partial charge in [-0.15, -0.1) is 24.8 Å². The summed E-state index contributed by atoms with van der Waals surface area (Å²) in [6, 6.07) is 0.399. The van der Waals surface area contributed by atoms with E-state index < -0.39 is 0 Å². The summed E-state index contributed by atoms with van der Waals surface area (Å²) in [4.78, 5) is 0. The Morgan fingerprint density at radius 3 is 2.08 bits per heavy atom. The highest BCUT2D eigenvalue weighted by Gasteiger charge is 2.01. The normalized spacial score (nSPS) is 9.00. The Morgan fingerprint density at radius 1 is 1.42 bits per heavy atom. The second-order valence-corrected chi connectivity index (χ2v) is 2.74. The van der Waals surface area contributed by atoms with Gasteiger partial charge in [-0.1, -0.05) is 0 Å². The van der Waals surface area contributed by atoms with Gasteiger partial charge in [0, 0.05) is 12.2 Å². The number of hydrogen-bond acceptors (Lipinski definition) is 2. The first kappa shape index (κ1) is 14.1.